The predicted molar refractivity (Wildman–Crippen MR) is 112 cm³/mol. The first-order valence-corrected chi connectivity index (χ1v) is 11.6. The molecule has 1 heterocycles. The summed E-state index contributed by atoms with van der Waals surface area (Å²) in [6.07, 6.45) is 9.55. The molecule has 0 spiro atoms. The first kappa shape index (κ1) is 20.0. The molecule has 3 saturated carbocycles. The van der Waals surface area contributed by atoms with Crippen LogP contribution in [0.25, 0.3) is 5.70 Å². The molecule has 4 aliphatic carbocycles. The van der Waals surface area contributed by atoms with Gasteiger partial charge in [0.25, 0.3) is 0 Å². The Bertz CT molecular complexity index is 814. The van der Waals surface area contributed by atoms with Crippen LogP contribution in [0.2, 0.25) is 0 Å². The molecule has 4 aliphatic rings. The summed E-state index contributed by atoms with van der Waals surface area (Å²) >= 11 is 6.86. The molecule has 29 heavy (non-hydrogen) atoms. The van der Waals surface area contributed by atoms with E-state index >= 15 is 0 Å². The van der Waals surface area contributed by atoms with Crippen molar-refractivity contribution in [2.75, 3.05) is 6.61 Å². The van der Waals surface area contributed by atoms with Crippen LogP contribution in [-0.2, 0) is 0 Å². The molecule has 5 heteroatoms. The van der Waals surface area contributed by atoms with Crippen LogP contribution in [0.3, 0.4) is 0 Å². The summed E-state index contributed by atoms with van der Waals surface area (Å²) in [7, 11) is 0. The molecule has 1 aromatic rings. The van der Waals surface area contributed by atoms with Crippen molar-refractivity contribution in [1.29, 1.82) is 0 Å². The van der Waals surface area contributed by atoms with Crippen molar-refractivity contribution in [2.45, 2.75) is 64.1 Å². The number of pyridine rings is 1. The Morgan fingerprint density at radius 1 is 1.07 bits per heavy atom. The summed E-state index contributed by atoms with van der Waals surface area (Å²) in [6.45, 7) is 2.47. The van der Waals surface area contributed by atoms with E-state index in [1.54, 1.807) is 0 Å². The second-order valence-corrected chi connectivity index (χ2v) is 10.8. The van der Waals surface area contributed by atoms with Crippen LogP contribution in [0.1, 0.15) is 51.9 Å². The number of aromatic nitrogens is 1. The molecule has 158 valence electrons. The SMILES string of the molecule is C[C@]12CC[C@H](O)CC1C[C@H](O)[C@H]1[C@@H]3CC(Cl)=C([n+]4ccccc4)[C@@]3(CO)CC[C@@H]12. The number of allylic oxidation sites excluding steroid dienone is 1. The second-order valence-electron chi connectivity index (χ2n) is 10.3. The second kappa shape index (κ2) is 7.05. The molecule has 0 aromatic carbocycles. The number of nitrogens with zero attached hydrogens (tertiary/aromatic N) is 1. The third kappa shape index (κ3) is 2.79. The molecular formula is C24H33ClNO3+. The molecule has 5 rings (SSSR count). The fourth-order valence-electron chi connectivity index (χ4n) is 7.85. The van der Waals surface area contributed by atoms with E-state index in [1.165, 1.54) is 0 Å². The minimum absolute atomic E-state index is 0.0694. The third-order valence-electron chi connectivity index (χ3n) is 9.25. The van der Waals surface area contributed by atoms with Crippen LogP contribution < -0.4 is 4.57 Å². The van der Waals surface area contributed by atoms with Gasteiger partial charge in [-0.3, -0.25) is 0 Å². The highest BCUT2D eigenvalue weighted by atomic mass is 35.5. The summed E-state index contributed by atoms with van der Waals surface area (Å²) in [5, 5.41) is 33.1. The summed E-state index contributed by atoms with van der Waals surface area (Å²) in [6, 6.07) is 5.98. The Balaban J connectivity index is 1.54. The molecule has 1 aromatic heterocycles. The van der Waals surface area contributed by atoms with E-state index in [-0.39, 0.29) is 41.5 Å². The van der Waals surface area contributed by atoms with Crippen molar-refractivity contribution in [2.24, 2.45) is 34.5 Å². The first-order valence-electron chi connectivity index (χ1n) is 11.2. The van der Waals surface area contributed by atoms with E-state index in [4.69, 9.17) is 11.6 Å². The summed E-state index contributed by atoms with van der Waals surface area (Å²) < 4.78 is 2.08. The van der Waals surface area contributed by atoms with Gasteiger partial charge in [-0.25, -0.2) is 0 Å². The fourth-order valence-corrected chi connectivity index (χ4v) is 8.30. The highest BCUT2D eigenvalue weighted by Crippen LogP contribution is 2.67. The van der Waals surface area contributed by atoms with Crippen LogP contribution in [0.15, 0.2) is 35.6 Å². The Labute approximate surface area is 178 Å². The summed E-state index contributed by atoms with van der Waals surface area (Å²) in [5.41, 5.74) is 0.812. The normalized spacial score (nSPS) is 46.8. The molecule has 0 radical (unpaired) electrons. The number of rotatable bonds is 2. The van der Waals surface area contributed by atoms with E-state index in [0.29, 0.717) is 11.8 Å². The topological polar surface area (TPSA) is 64.6 Å². The standard InChI is InChI=1S/C24H33ClNO3/c1-23-7-5-16(28)11-15(23)12-20(29)21-17(23)6-8-24(14-27)18(21)13-19(25)22(24)26-9-3-2-4-10-26/h2-4,9-10,15-18,20-21,27-29H,5-8,11-14H2,1H3/q+1/t15?,16-,17-,18-,20-,21+,23-,24+/m0/s1. The molecule has 4 nitrogen and oxygen atoms in total. The Morgan fingerprint density at radius 3 is 2.55 bits per heavy atom. The molecule has 3 N–H and O–H groups in total. The molecular weight excluding hydrogens is 386 g/mol. The average molecular weight is 419 g/mol. The molecule has 8 atom stereocenters. The molecule has 0 aliphatic heterocycles. The maximum atomic E-state index is 11.3. The zero-order valence-corrected chi connectivity index (χ0v) is 17.9. The van der Waals surface area contributed by atoms with Crippen molar-refractivity contribution in [3.8, 4) is 0 Å². The van der Waals surface area contributed by atoms with Gasteiger partial charge in [0, 0.05) is 12.1 Å². The van der Waals surface area contributed by atoms with Gasteiger partial charge >= 0.3 is 0 Å². The van der Waals surface area contributed by atoms with E-state index < -0.39 is 0 Å². The van der Waals surface area contributed by atoms with Gasteiger partial charge in [-0.15, -0.1) is 0 Å². The van der Waals surface area contributed by atoms with Crippen molar-refractivity contribution in [3.63, 3.8) is 0 Å². The van der Waals surface area contributed by atoms with Gasteiger partial charge in [-0.1, -0.05) is 24.6 Å². The van der Waals surface area contributed by atoms with Gasteiger partial charge in [0.15, 0.2) is 12.4 Å². The van der Waals surface area contributed by atoms with Crippen molar-refractivity contribution in [3.05, 3.63) is 35.6 Å². The average Bonchev–Trinajstić information content (AvgIpc) is 3.02. The minimum atomic E-state index is -0.386. The number of aliphatic hydroxyl groups excluding tert-OH is 3. The quantitative estimate of drug-likeness (QED) is 0.645. The number of halogens is 1. The van der Waals surface area contributed by atoms with E-state index in [2.05, 4.69) is 11.5 Å². The van der Waals surface area contributed by atoms with Gasteiger partial charge in [-0.05, 0) is 74.0 Å². The highest BCUT2D eigenvalue weighted by Gasteiger charge is 2.65. The van der Waals surface area contributed by atoms with E-state index in [1.807, 2.05) is 30.6 Å². The van der Waals surface area contributed by atoms with Crippen LogP contribution in [-0.4, -0.2) is 34.1 Å². The lowest BCUT2D eigenvalue weighted by molar-refractivity contribution is -0.591. The first-order chi connectivity index (χ1) is 13.9. The molecule has 0 amide bonds. The number of fused-ring (bicyclic) bond motifs is 5. The lowest BCUT2D eigenvalue weighted by atomic mass is 9.44. The number of aliphatic hydroxyl groups is 3. The van der Waals surface area contributed by atoms with Crippen LogP contribution in [0, 0.1) is 34.5 Å². The lowest BCUT2D eigenvalue weighted by Gasteiger charge is -2.61. The zero-order valence-electron chi connectivity index (χ0n) is 17.2. The van der Waals surface area contributed by atoms with Crippen molar-refractivity contribution >= 4 is 17.3 Å². The van der Waals surface area contributed by atoms with Gasteiger partial charge in [0.2, 0.25) is 5.70 Å². The third-order valence-corrected chi connectivity index (χ3v) is 9.58. The number of hydrogen-bond donors (Lipinski definition) is 3. The van der Waals surface area contributed by atoms with Gasteiger partial charge < -0.3 is 15.3 Å². The van der Waals surface area contributed by atoms with E-state index in [9.17, 15) is 15.3 Å². The highest BCUT2D eigenvalue weighted by molar-refractivity contribution is 6.32. The monoisotopic (exact) mass is 418 g/mol. The van der Waals surface area contributed by atoms with Gasteiger partial charge in [0.1, 0.15) is 0 Å². The summed E-state index contributed by atoms with van der Waals surface area (Å²) in [5.74, 6) is 1.14. The number of hydrogen-bond acceptors (Lipinski definition) is 3. The van der Waals surface area contributed by atoms with Gasteiger partial charge in [-0.2, -0.15) is 4.57 Å². The Morgan fingerprint density at radius 2 is 1.83 bits per heavy atom. The maximum absolute atomic E-state index is 11.3. The van der Waals surface area contributed by atoms with Crippen molar-refractivity contribution in [1.82, 2.24) is 0 Å². The van der Waals surface area contributed by atoms with Crippen LogP contribution in [0.5, 0.6) is 0 Å². The fraction of sp³-hybridized carbons (Fsp3) is 0.708. The van der Waals surface area contributed by atoms with Crippen LogP contribution >= 0.6 is 11.6 Å². The molecule has 0 bridgehead atoms. The van der Waals surface area contributed by atoms with Crippen LogP contribution in [0.4, 0.5) is 0 Å². The molecule has 3 fully saturated rings. The minimum Gasteiger partial charge on any atom is -0.395 e. The largest absolute Gasteiger partial charge is 0.395 e. The smallest absolute Gasteiger partial charge is 0.210 e. The summed E-state index contributed by atoms with van der Waals surface area (Å²) in [4.78, 5) is 0. The Kier molecular flexibility index (Phi) is 4.86. The Hall–Kier alpha value is -0.940. The van der Waals surface area contributed by atoms with E-state index in [0.717, 1.165) is 55.7 Å². The van der Waals surface area contributed by atoms with Gasteiger partial charge in [0.05, 0.1) is 29.3 Å². The lowest BCUT2D eigenvalue weighted by Crippen LogP contribution is -2.60. The zero-order chi connectivity index (χ0) is 20.4. The predicted octanol–water partition coefficient (Wildman–Crippen LogP) is 3.34. The maximum Gasteiger partial charge on any atom is 0.210 e. The molecule has 1 unspecified atom stereocenters. The van der Waals surface area contributed by atoms with Crippen molar-refractivity contribution < 1.29 is 19.9 Å². The molecule has 0 saturated heterocycles.